The summed E-state index contributed by atoms with van der Waals surface area (Å²) in [7, 11) is 0. The number of anilines is 1. The number of benzene rings is 2. The number of hydrogen-bond acceptors (Lipinski definition) is 2. The second kappa shape index (κ2) is 9.46. The van der Waals surface area contributed by atoms with Gasteiger partial charge in [0, 0.05) is 23.8 Å². The molecular formula is C26H34N2O2. The summed E-state index contributed by atoms with van der Waals surface area (Å²) in [6.45, 7) is 11.0. The molecule has 0 aliphatic carbocycles. The van der Waals surface area contributed by atoms with Crippen LogP contribution in [0.2, 0.25) is 0 Å². The van der Waals surface area contributed by atoms with E-state index in [0.717, 1.165) is 41.6 Å². The van der Waals surface area contributed by atoms with Crippen LogP contribution in [0, 0.1) is 19.8 Å². The standard InChI is InChI=1S/C26H34N2O2/c1-6-23-22(25(29)27-21-13-8-12-20(16-21)17(2)3)14-9-15-28(23)26(30)24-18(4)10-7-11-19(24)5/h7-8,10-13,16-17,22-23H,6,9,14-15H2,1-5H3,(H,27,29)/t22-,23?/m0/s1. The first kappa shape index (κ1) is 22.1. The molecule has 0 aromatic heterocycles. The van der Waals surface area contributed by atoms with Crippen molar-refractivity contribution in [3.63, 3.8) is 0 Å². The molecule has 2 amide bonds. The lowest BCUT2D eigenvalue weighted by molar-refractivity contribution is -0.123. The van der Waals surface area contributed by atoms with Gasteiger partial charge >= 0.3 is 0 Å². The van der Waals surface area contributed by atoms with Gasteiger partial charge in [-0.05, 0) is 67.9 Å². The number of piperidine rings is 1. The number of amides is 2. The van der Waals surface area contributed by atoms with Crippen molar-refractivity contribution in [2.45, 2.75) is 65.8 Å². The summed E-state index contributed by atoms with van der Waals surface area (Å²) >= 11 is 0. The lowest BCUT2D eigenvalue weighted by atomic mass is 9.85. The minimum Gasteiger partial charge on any atom is -0.335 e. The Morgan fingerprint density at radius 3 is 2.40 bits per heavy atom. The van der Waals surface area contributed by atoms with Gasteiger partial charge < -0.3 is 10.2 Å². The first-order valence-corrected chi connectivity index (χ1v) is 11.1. The zero-order chi connectivity index (χ0) is 21.8. The molecule has 4 nitrogen and oxygen atoms in total. The normalized spacial score (nSPS) is 19.1. The van der Waals surface area contributed by atoms with E-state index < -0.39 is 0 Å². The number of likely N-dealkylation sites (tertiary alicyclic amines) is 1. The van der Waals surface area contributed by atoms with Crippen molar-refractivity contribution in [3.05, 3.63) is 64.7 Å². The average molecular weight is 407 g/mol. The van der Waals surface area contributed by atoms with Gasteiger partial charge in [0.2, 0.25) is 5.91 Å². The SMILES string of the molecule is CCC1[C@@H](C(=O)Nc2cccc(C(C)C)c2)CCCN1C(=O)c1c(C)cccc1C. The molecule has 1 aliphatic heterocycles. The van der Waals surface area contributed by atoms with Gasteiger partial charge in [-0.3, -0.25) is 9.59 Å². The lowest BCUT2D eigenvalue weighted by Gasteiger charge is -2.40. The summed E-state index contributed by atoms with van der Waals surface area (Å²) in [5.74, 6) is 0.281. The Kier molecular flexibility index (Phi) is 6.96. The number of carbonyl (C=O) groups excluding carboxylic acids is 2. The molecule has 2 aromatic carbocycles. The highest BCUT2D eigenvalue weighted by Gasteiger charge is 2.38. The fourth-order valence-electron chi connectivity index (χ4n) is 4.63. The Bertz CT molecular complexity index is 899. The van der Waals surface area contributed by atoms with E-state index >= 15 is 0 Å². The molecule has 3 rings (SSSR count). The number of nitrogens with one attached hydrogen (secondary N) is 1. The summed E-state index contributed by atoms with van der Waals surface area (Å²) in [4.78, 5) is 28.6. The van der Waals surface area contributed by atoms with Crippen molar-refractivity contribution in [1.82, 2.24) is 4.90 Å². The van der Waals surface area contributed by atoms with Crippen LogP contribution in [0.5, 0.6) is 0 Å². The summed E-state index contributed by atoms with van der Waals surface area (Å²) < 4.78 is 0. The zero-order valence-electron chi connectivity index (χ0n) is 18.9. The summed E-state index contributed by atoms with van der Waals surface area (Å²) in [6, 6.07) is 13.9. The van der Waals surface area contributed by atoms with Gasteiger partial charge in [0.1, 0.15) is 0 Å². The predicted molar refractivity (Wildman–Crippen MR) is 123 cm³/mol. The summed E-state index contributed by atoms with van der Waals surface area (Å²) in [5.41, 5.74) is 4.80. The Morgan fingerprint density at radius 2 is 1.77 bits per heavy atom. The zero-order valence-corrected chi connectivity index (χ0v) is 18.9. The largest absolute Gasteiger partial charge is 0.335 e. The quantitative estimate of drug-likeness (QED) is 0.693. The van der Waals surface area contributed by atoms with Crippen LogP contribution in [0.15, 0.2) is 42.5 Å². The third-order valence-electron chi connectivity index (χ3n) is 6.31. The maximum Gasteiger partial charge on any atom is 0.254 e. The molecule has 1 aliphatic rings. The van der Waals surface area contributed by atoms with Crippen molar-refractivity contribution in [2.75, 3.05) is 11.9 Å². The van der Waals surface area contributed by atoms with Crippen LogP contribution in [0.1, 0.15) is 73.0 Å². The summed E-state index contributed by atoms with van der Waals surface area (Å²) in [5, 5.41) is 3.12. The van der Waals surface area contributed by atoms with Crippen molar-refractivity contribution in [2.24, 2.45) is 5.92 Å². The van der Waals surface area contributed by atoms with Gasteiger partial charge in [0.15, 0.2) is 0 Å². The van der Waals surface area contributed by atoms with Crippen LogP contribution >= 0.6 is 0 Å². The highest BCUT2D eigenvalue weighted by atomic mass is 16.2. The van der Waals surface area contributed by atoms with Crippen molar-refractivity contribution < 1.29 is 9.59 Å². The topological polar surface area (TPSA) is 49.4 Å². The van der Waals surface area contributed by atoms with E-state index in [1.165, 1.54) is 5.56 Å². The smallest absolute Gasteiger partial charge is 0.254 e. The van der Waals surface area contributed by atoms with Crippen LogP contribution in [0.25, 0.3) is 0 Å². The fraction of sp³-hybridized carbons (Fsp3) is 0.462. The van der Waals surface area contributed by atoms with Crippen molar-refractivity contribution >= 4 is 17.5 Å². The number of carbonyl (C=O) groups is 2. The van der Waals surface area contributed by atoms with Crippen LogP contribution in [0.3, 0.4) is 0 Å². The Morgan fingerprint density at radius 1 is 1.10 bits per heavy atom. The maximum absolute atomic E-state index is 13.5. The molecule has 1 fully saturated rings. The van der Waals surface area contributed by atoms with Gasteiger partial charge in [0.05, 0.1) is 5.92 Å². The molecule has 30 heavy (non-hydrogen) atoms. The first-order valence-electron chi connectivity index (χ1n) is 11.1. The fourth-order valence-corrected chi connectivity index (χ4v) is 4.63. The molecule has 0 spiro atoms. The van der Waals surface area contributed by atoms with Crippen LogP contribution < -0.4 is 5.32 Å². The molecule has 4 heteroatoms. The van der Waals surface area contributed by atoms with Gasteiger partial charge in [-0.25, -0.2) is 0 Å². The van der Waals surface area contributed by atoms with Crippen LogP contribution in [0.4, 0.5) is 5.69 Å². The Labute approximate surface area is 180 Å². The van der Waals surface area contributed by atoms with E-state index in [2.05, 4.69) is 32.2 Å². The average Bonchev–Trinajstić information content (AvgIpc) is 2.73. The molecule has 1 unspecified atom stereocenters. The van der Waals surface area contributed by atoms with E-state index in [1.54, 1.807) is 0 Å². The lowest BCUT2D eigenvalue weighted by Crippen LogP contribution is -2.51. The minimum absolute atomic E-state index is 0.0155. The van der Waals surface area contributed by atoms with Crippen molar-refractivity contribution in [1.29, 1.82) is 0 Å². The van der Waals surface area contributed by atoms with Gasteiger partial charge in [0.25, 0.3) is 5.91 Å². The first-order chi connectivity index (χ1) is 14.3. The molecule has 2 atom stereocenters. The Balaban J connectivity index is 1.81. The van der Waals surface area contributed by atoms with Gasteiger partial charge in [-0.15, -0.1) is 0 Å². The summed E-state index contributed by atoms with van der Waals surface area (Å²) in [6.07, 6.45) is 2.42. The molecule has 1 heterocycles. The third kappa shape index (κ3) is 4.58. The van der Waals surface area contributed by atoms with Gasteiger partial charge in [-0.2, -0.15) is 0 Å². The van der Waals surface area contributed by atoms with E-state index in [1.807, 2.05) is 55.1 Å². The predicted octanol–water partition coefficient (Wildman–Crippen LogP) is 5.70. The van der Waals surface area contributed by atoms with Crippen molar-refractivity contribution in [3.8, 4) is 0 Å². The highest BCUT2D eigenvalue weighted by Crippen LogP contribution is 2.30. The third-order valence-corrected chi connectivity index (χ3v) is 6.31. The number of aryl methyl sites for hydroxylation is 2. The molecule has 160 valence electrons. The Hall–Kier alpha value is -2.62. The van der Waals surface area contributed by atoms with Gasteiger partial charge in [-0.1, -0.05) is 51.1 Å². The number of nitrogens with zero attached hydrogens (tertiary/aromatic N) is 1. The van der Waals surface area contributed by atoms with Crippen LogP contribution in [-0.4, -0.2) is 29.3 Å². The maximum atomic E-state index is 13.5. The number of hydrogen-bond donors (Lipinski definition) is 1. The molecule has 0 radical (unpaired) electrons. The van der Waals surface area contributed by atoms with E-state index in [0.29, 0.717) is 12.5 Å². The van der Waals surface area contributed by atoms with E-state index in [-0.39, 0.29) is 23.8 Å². The minimum atomic E-state index is -0.195. The second-order valence-corrected chi connectivity index (χ2v) is 8.76. The van der Waals surface area contributed by atoms with Crippen LogP contribution in [-0.2, 0) is 4.79 Å². The number of rotatable bonds is 5. The molecule has 2 aromatic rings. The molecular weight excluding hydrogens is 372 g/mol. The molecule has 0 saturated carbocycles. The van der Waals surface area contributed by atoms with E-state index in [4.69, 9.17) is 0 Å². The molecule has 1 N–H and O–H groups in total. The molecule has 1 saturated heterocycles. The highest BCUT2D eigenvalue weighted by molar-refractivity contribution is 5.98. The van der Waals surface area contributed by atoms with E-state index in [9.17, 15) is 9.59 Å². The second-order valence-electron chi connectivity index (χ2n) is 8.76. The molecule has 0 bridgehead atoms. The monoisotopic (exact) mass is 406 g/mol.